The van der Waals surface area contributed by atoms with Crippen molar-refractivity contribution < 1.29 is 9.53 Å². The van der Waals surface area contributed by atoms with Crippen LogP contribution >= 0.6 is 11.8 Å². The highest BCUT2D eigenvalue weighted by Gasteiger charge is 2.35. The van der Waals surface area contributed by atoms with Crippen molar-refractivity contribution in [1.29, 1.82) is 5.26 Å². The third-order valence-electron chi connectivity index (χ3n) is 2.95. The molecule has 0 spiro atoms. The largest absolute Gasteiger partial charge is 0.372 e. The summed E-state index contributed by atoms with van der Waals surface area (Å²) in [5.41, 5.74) is 0. The summed E-state index contributed by atoms with van der Waals surface area (Å²) < 4.78 is 4.80. The van der Waals surface area contributed by atoms with Crippen LogP contribution in [-0.2, 0) is 9.53 Å². The smallest absolute Gasteiger partial charge is 0.248 e. The molecular weight excluding hydrogens is 224 g/mol. The van der Waals surface area contributed by atoms with E-state index in [2.05, 4.69) is 6.07 Å². The normalized spacial score (nSPS) is 19.2. The summed E-state index contributed by atoms with van der Waals surface area (Å²) in [6.07, 6.45) is 3.46. The van der Waals surface area contributed by atoms with Crippen LogP contribution in [0, 0.1) is 11.3 Å². The monoisotopic (exact) mass is 242 g/mol. The Morgan fingerprint density at radius 3 is 2.62 bits per heavy atom. The third-order valence-corrected chi connectivity index (χ3v) is 4.23. The molecule has 5 heteroatoms. The second-order valence-corrected chi connectivity index (χ2v) is 5.02. The quantitative estimate of drug-likeness (QED) is 0.745. The van der Waals surface area contributed by atoms with Crippen molar-refractivity contribution in [2.24, 2.45) is 0 Å². The summed E-state index contributed by atoms with van der Waals surface area (Å²) in [4.78, 5) is 13.4. The van der Waals surface area contributed by atoms with Gasteiger partial charge in [-0.2, -0.15) is 5.26 Å². The molecule has 16 heavy (non-hydrogen) atoms. The van der Waals surface area contributed by atoms with Crippen molar-refractivity contribution in [3.8, 4) is 6.07 Å². The zero-order valence-electron chi connectivity index (χ0n) is 9.86. The SMILES string of the molecule is CCOCC(=O)N1CCC(C#N)(SC)CC1. The highest BCUT2D eigenvalue weighted by Crippen LogP contribution is 2.33. The second kappa shape index (κ2) is 6.12. The van der Waals surface area contributed by atoms with Gasteiger partial charge in [0.05, 0.1) is 6.07 Å². The second-order valence-electron chi connectivity index (χ2n) is 3.83. The Morgan fingerprint density at radius 1 is 1.56 bits per heavy atom. The molecule has 1 amide bonds. The van der Waals surface area contributed by atoms with Gasteiger partial charge in [0.1, 0.15) is 11.4 Å². The molecule has 4 nitrogen and oxygen atoms in total. The van der Waals surface area contributed by atoms with Gasteiger partial charge in [-0.05, 0) is 26.0 Å². The minimum atomic E-state index is -0.289. The molecule has 0 radical (unpaired) electrons. The van der Waals surface area contributed by atoms with Crippen LogP contribution in [0.4, 0.5) is 0 Å². The first-order valence-electron chi connectivity index (χ1n) is 5.49. The molecule has 0 unspecified atom stereocenters. The highest BCUT2D eigenvalue weighted by atomic mass is 32.2. The minimum Gasteiger partial charge on any atom is -0.372 e. The maximum absolute atomic E-state index is 11.7. The lowest BCUT2D eigenvalue weighted by atomic mass is 9.97. The molecule has 0 N–H and O–H groups in total. The molecule has 1 aliphatic rings. The Kier molecular flexibility index (Phi) is 5.10. The fourth-order valence-corrected chi connectivity index (χ4v) is 2.44. The number of hydrogen-bond donors (Lipinski definition) is 0. The van der Waals surface area contributed by atoms with E-state index >= 15 is 0 Å². The number of thioether (sulfide) groups is 1. The van der Waals surface area contributed by atoms with Gasteiger partial charge in [0, 0.05) is 19.7 Å². The number of ether oxygens (including phenoxy) is 1. The van der Waals surface area contributed by atoms with E-state index in [1.165, 1.54) is 0 Å². The van der Waals surface area contributed by atoms with Crippen LogP contribution in [0.25, 0.3) is 0 Å². The fourth-order valence-electron chi connectivity index (χ4n) is 1.76. The van der Waals surface area contributed by atoms with E-state index in [9.17, 15) is 4.79 Å². The van der Waals surface area contributed by atoms with Crippen LogP contribution in [0.1, 0.15) is 19.8 Å². The third kappa shape index (κ3) is 3.13. The molecule has 1 saturated heterocycles. The molecule has 0 aromatic rings. The molecule has 0 saturated carbocycles. The lowest BCUT2D eigenvalue weighted by molar-refractivity contribution is -0.136. The number of piperidine rings is 1. The van der Waals surface area contributed by atoms with Gasteiger partial charge in [0.15, 0.2) is 0 Å². The van der Waals surface area contributed by atoms with Gasteiger partial charge in [0.25, 0.3) is 0 Å². The molecule has 1 rings (SSSR count). The Morgan fingerprint density at radius 2 is 2.19 bits per heavy atom. The molecule has 0 aromatic heterocycles. The number of likely N-dealkylation sites (tertiary alicyclic amines) is 1. The highest BCUT2D eigenvalue weighted by molar-refractivity contribution is 8.00. The average molecular weight is 242 g/mol. The van der Waals surface area contributed by atoms with E-state index in [4.69, 9.17) is 10.00 Å². The van der Waals surface area contributed by atoms with E-state index in [-0.39, 0.29) is 17.3 Å². The van der Waals surface area contributed by atoms with Crippen molar-refractivity contribution in [1.82, 2.24) is 4.90 Å². The van der Waals surface area contributed by atoms with Crippen molar-refractivity contribution >= 4 is 17.7 Å². The van der Waals surface area contributed by atoms with Gasteiger partial charge < -0.3 is 9.64 Å². The van der Waals surface area contributed by atoms with Crippen molar-refractivity contribution in [3.63, 3.8) is 0 Å². The molecule has 1 heterocycles. The number of amides is 1. The van der Waals surface area contributed by atoms with Crippen LogP contribution in [0.2, 0.25) is 0 Å². The maximum Gasteiger partial charge on any atom is 0.248 e. The zero-order chi connectivity index (χ0) is 12.0. The molecule has 0 atom stereocenters. The first-order chi connectivity index (χ1) is 7.67. The molecule has 0 aliphatic carbocycles. The lowest BCUT2D eigenvalue weighted by Crippen LogP contribution is -2.45. The van der Waals surface area contributed by atoms with Gasteiger partial charge in [0.2, 0.25) is 5.91 Å². The van der Waals surface area contributed by atoms with E-state index in [1.54, 1.807) is 16.7 Å². The molecule has 0 aromatic carbocycles. The molecule has 0 bridgehead atoms. The van der Waals surface area contributed by atoms with Crippen LogP contribution < -0.4 is 0 Å². The van der Waals surface area contributed by atoms with Crippen LogP contribution in [0.15, 0.2) is 0 Å². The Hall–Kier alpha value is -0.730. The standard InChI is InChI=1S/C11H18N2O2S/c1-3-15-8-10(14)13-6-4-11(9-12,16-2)5-7-13/h3-8H2,1-2H3. The number of nitriles is 1. The minimum absolute atomic E-state index is 0.0366. The van der Waals surface area contributed by atoms with Gasteiger partial charge >= 0.3 is 0 Å². The Balaban J connectivity index is 2.43. The van der Waals surface area contributed by atoms with Gasteiger partial charge in [-0.15, -0.1) is 11.8 Å². The molecular formula is C11H18N2O2S. The van der Waals surface area contributed by atoms with Crippen LogP contribution in [0.3, 0.4) is 0 Å². The first kappa shape index (κ1) is 13.3. The predicted molar refractivity (Wildman–Crippen MR) is 64.2 cm³/mol. The molecule has 1 fully saturated rings. The predicted octanol–water partition coefficient (Wildman–Crippen LogP) is 1.27. The van der Waals surface area contributed by atoms with E-state index in [0.717, 1.165) is 12.8 Å². The number of rotatable bonds is 4. The molecule has 90 valence electrons. The van der Waals surface area contributed by atoms with Gasteiger partial charge in [-0.25, -0.2) is 0 Å². The number of nitrogens with zero attached hydrogens (tertiary/aromatic N) is 2. The van der Waals surface area contributed by atoms with E-state index in [0.29, 0.717) is 19.7 Å². The first-order valence-corrected chi connectivity index (χ1v) is 6.72. The summed E-state index contributed by atoms with van der Waals surface area (Å²) in [6.45, 7) is 3.93. The van der Waals surface area contributed by atoms with Crippen molar-refractivity contribution in [2.45, 2.75) is 24.5 Å². The molecule has 1 aliphatic heterocycles. The summed E-state index contributed by atoms with van der Waals surface area (Å²) in [6, 6.07) is 2.36. The lowest BCUT2D eigenvalue weighted by Gasteiger charge is -2.36. The maximum atomic E-state index is 11.7. The van der Waals surface area contributed by atoms with Gasteiger partial charge in [-0.3, -0.25) is 4.79 Å². The number of carbonyl (C=O) groups excluding carboxylic acids is 1. The topological polar surface area (TPSA) is 53.3 Å². The Bertz CT molecular complexity index is 280. The van der Waals surface area contributed by atoms with Crippen molar-refractivity contribution in [2.75, 3.05) is 32.6 Å². The average Bonchev–Trinajstić information content (AvgIpc) is 2.36. The van der Waals surface area contributed by atoms with E-state index in [1.807, 2.05) is 13.2 Å². The summed E-state index contributed by atoms with van der Waals surface area (Å²) >= 11 is 1.59. The van der Waals surface area contributed by atoms with Crippen LogP contribution in [0.5, 0.6) is 0 Å². The summed E-state index contributed by atoms with van der Waals surface area (Å²) in [7, 11) is 0. The van der Waals surface area contributed by atoms with E-state index < -0.39 is 0 Å². The fraction of sp³-hybridized carbons (Fsp3) is 0.818. The number of hydrogen-bond acceptors (Lipinski definition) is 4. The summed E-state index contributed by atoms with van der Waals surface area (Å²) in [5, 5.41) is 9.11. The summed E-state index contributed by atoms with van der Waals surface area (Å²) in [5.74, 6) is 0.0366. The number of carbonyl (C=O) groups is 1. The zero-order valence-corrected chi connectivity index (χ0v) is 10.7. The Labute approximate surface area is 101 Å². The van der Waals surface area contributed by atoms with Crippen molar-refractivity contribution in [3.05, 3.63) is 0 Å². The van der Waals surface area contributed by atoms with Crippen LogP contribution in [-0.4, -0.2) is 48.1 Å². The van der Waals surface area contributed by atoms with Gasteiger partial charge in [-0.1, -0.05) is 0 Å².